The molecule has 1 aliphatic rings. The highest BCUT2D eigenvalue weighted by Crippen LogP contribution is 2.38. The quantitative estimate of drug-likeness (QED) is 0.287. The van der Waals surface area contributed by atoms with Gasteiger partial charge in [-0.15, -0.1) is 0 Å². The summed E-state index contributed by atoms with van der Waals surface area (Å²) in [7, 11) is 1.66. The van der Waals surface area contributed by atoms with E-state index in [9.17, 15) is 18.0 Å². The van der Waals surface area contributed by atoms with E-state index in [1.165, 1.54) is 12.1 Å². The van der Waals surface area contributed by atoms with E-state index in [2.05, 4.69) is 36.9 Å². The van der Waals surface area contributed by atoms with Crippen molar-refractivity contribution in [3.05, 3.63) is 76.5 Å². The number of hydrogen-bond donors (Lipinski definition) is 3. The van der Waals surface area contributed by atoms with Gasteiger partial charge in [-0.25, -0.2) is 4.79 Å². The number of aromatic nitrogens is 1. The number of nitrogens with zero attached hydrogens (tertiary/aromatic N) is 1. The fourth-order valence-corrected chi connectivity index (χ4v) is 3.32. The molecule has 2 aromatic carbocycles. The molecule has 0 spiro atoms. The summed E-state index contributed by atoms with van der Waals surface area (Å²) >= 11 is 2.86. The summed E-state index contributed by atoms with van der Waals surface area (Å²) < 4.78 is 44.7. The van der Waals surface area contributed by atoms with Crippen LogP contribution in [-0.2, 0) is 21.9 Å². The zero-order valence-corrected chi connectivity index (χ0v) is 18.5. The van der Waals surface area contributed by atoms with Crippen molar-refractivity contribution < 1.29 is 32.5 Å². The van der Waals surface area contributed by atoms with Crippen molar-refractivity contribution in [2.24, 2.45) is 0 Å². The van der Waals surface area contributed by atoms with E-state index in [1.807, 2.05) is 0 Å². The first-order chi connectivity index (χ1) is 15.7. The van der Waals surface area contributed by atoms with Crippen LogP contribution in [0.3, 0.4) is 0 Å². The SMILES string of the molecule is CNC1(c2cc(Oc3ccc(NC(=O)Nc4ccc(Br)c(C(F)(F)F)c4)cc3)ccn2)OO1. The molecule has 1 fully saturated rings. The number of carbonyl (C=O) groups is 1. The van der Waals surface area contributed by atoms with Crippen molar-refractivity contribution in [3.63, 3.8) is 0 Å². The highest BCUT2D eigenvalue weighted by molar-refractivity contribution is 9.10. The van der Waals surface area contributed by atoms with Gasteiger partial charge in [0, 0.05) is 28.1 Å². The van der Waals surface area contributed by atoms with Gasteiger partial charge >= 0.3 is 18.1 Å². The Labute approximate surface area is 194 Å². The van der Waals surface area contributed by atoms with E-state index in [0.29, 0.717) is 22.9 Å². The van der Waals surface area contributed by atoms with Gasteiger partial charge in [0.15, 0.2) is 0 Å². The molecular weight excluding hydrogens is 509 g/mol. The first-order valence-electron chi connectivity index (χ1n) is 9.43. The molecule has 33 heavy (non-hydrogen) atoms. The second-order valence-electron chi connectivity index (χ2n) is 6.81. The highest BCUT2D eigenvalue weighted by Gasteiger charge is 2.51. The molecule has 8 nitrogen and oxygen atoms in total. The van der Waals surface area contributed by atoms with Crippen molar-refractivity contribution >= 4 is 33.3 Å². The monoisotopic (exact) mass is 524 g/mol. The summed E-state index contributed by atoms with van der Waals surface area (Å²) in [6, 6.07) is 12.4. The third-order valence-electron chi connectivity index (χ3n) is 4.53. The Morgan fingerprint density at radius 1 is 1.00 bits per heavy atom. The number of urea groups is 1. The first-order valence-corrected chi connectivity index (χ1v) is 10.2. The number of alkyl halides is 3. The zero-order chi connectivity index (χ0) is 23.6. The lowest BCUT2D eigenvalue weighted by Gasteiger charge is -2.13. The van der Waals surface area contributed by atoms with Gasteiger partial charge in [-0.1, -0.05) is 15.9 Å². The van der Waals surface area contributed by atoms with Crippen molar-refractivity contribution in [2.75, 3.05) is 17.7 Å². The molecule has 0 saturated carbocycles. The summed E-state index contributed by atoms with van der Waals surface area (Å²) in [5.74, 6) is -0.101. The van der Waals surface area contributed by atoms with E-state index in [0.717, 1.165) is 6.07 Å². The molecule has 2 amide bonds. The van der Waals surface area contributed by atoms with Gasteiger partial charge in [-0.2, -0.15) is 22.9 Å². The van der Waals surface area contributed by atoms with Crippen LogP contribution in [0.5, 0.6) is 11.5 Å². The number of amides is 2. The van der Waals surface area contributed by atoms with Gasteiger partial charge in [-0.05, 0) is 55.6 Å². The molecule has 1 saturated heterocycles. The summed E-state index contributed by atoms with van der Waals surface area (Å²) in [5.41, 5.74) is 0.0115. The smallest absolute Gasteiger partial charge is 0.417 e. The molecule has 0 unspecified atom stereocenters. The molecular formula is C21H16BrF3N4O4. The molecule has 0 aliphatic carbocycles. The second-order valence-corrected chi connectivity index (χ2v) is 7.66. The van der Waals surface area contributed by atoms with Crippen LogP contribution in [0.15, 0.2) is 65.3 Å². The van der Waals surface area contributed by atoms with Crippen LogP contribution in [-0.4, -0.2) is 18.1 Å². The maximum absolute atomic E-state index is 13.0. The lowest BCUT2D eigenvalue weighted by atomic mass is 10.2. The maximum atomic E-state index is 13.0. The number of nitrogens with one attached hydrogen (secondary N) is 3. The molecule has 1 aliphatic heterocycles. The second kappa shape index (κ2) is 8.98. The molecule has 1 aromatic heterocycles. The van der Waals surface area contributed by atoms with Crippen LogP contribution in [0.25, 0.3) is 0 Å². The Morgan fingerprint density at radius 3 is 2.30 bits per heavy atom. The van der Waals surface area contributed by atoms with Gasteiger partial charge in [0.25, 0.3) is 0 Å². The van der Waals surface area contributed by atoms with Crippen molar-refractivity contribution in [3.8, 4) is 11.5 Å². The number of anilines is 2. The lowest BCUT2D eigenvalue weighted by molar-refractivity contribution is -0.138. The van der Waals surface area contributed by atoms with Crippen molar-refractivity contribution in [2.45, 2.75) is 12.1 Å². The van der Waals surface area contributed by atoms with Gasteiger partial charge in [0.1, 0.15) is 17.2 Å². The number of pyridine rings is 1. The summed E-state index contributed by atoms with van der Waals surface area (Å²) in [6.45, 7) is 0. The van der Waals surface area contributed by atoms with Crippen LogP contribution in [0, 0.1) is 0 Å². The summed E-state index contributed by atoms with van der Waals surface area (Å²) in [5, 5.41) is 7.78. The molecule has 4 rings (SSSR count). The molecule has 3 aromatic rings. The Hall–Kier alpha value is -3.19. The van der Waals surface area contributed by atoms with E-state index >= 15 is 0 Å². The van der Waals surface area contributed by atoms with Crippen LogP contribution in [0.2, 0.25) is 0 Å². The van der Waals surface area contributed by atoms with E-state index < -0.39 is 23.7 Å². The molecule has 0 atom stereocenters. The lowest BCUT2D eigenvalue weighted by Crippen LogP contribution is -2.26. The number of hydrogen-bond acceptors (Lipinski definition) is 6. The predicted molar refractivity (Wildman–Crippen MR) is 115 cm³/mol. The minimum absolute atomic E-state index is 0.000526. The minimum Gasteiger partial charge on any atom is -0.457 e. The molecule has 0 radical (unpaired) electrons. The Bertz CT molecular complexity index is 1170. The van der Waals surface area contributed by atoms with E-state index in [-0.39, 0.29) is 10.2 Å². The Kier molecular flexibility index (Phi) is 6.26. The van der Waals surface area contributed by atoms with Gasteiger partial charge in [0.2, 0.25) is 0 Å². The fraction of sp³-hybridized carbons (Fsp3) is 0.143. The zero-order valence-electron chi connectivity index (χ0n) is 16.9. The third-order valence-corrected chi connectivity index (χ3v) is 5.22. The first kappa shape index (κ1) is 23.0. The van der Waals surface area contributed by atoms with Crippen molar-refractivity contribution in [1.29, 1.82) is 0 Å². The van der Waals surface area contributed by atoms with Crippen LogP contribution >= 0.6 is 15.9 Å². The average molecular weight is 525 g/mol. The topological polar surface area (TPSA) is 100 Å². The van der Waals surface area contributed by atoms with Gasteiger partial charge in [0.05, 0.1) is 5.56 Å². The van der Waals surface area contributed by atoms with Gasteiger partial charge < -0.3 is 15.4 Å². The number of benzene rings is 2. The van der Waals surface area contributed by atoms with E-state index in [4.69, 9.17) is 14.5 Å². The average Bonchev–Trinajstić information content (AvgIpc) is 3.57. The largest absolute Gasteiger partial charge is 0.457 e. The predicted octanol–water partition coefficient (Wildman–Crippen LogP) is 5.59. The normalized spacial score (nSPS) is 14.5. The Balaban J connectivity index is 1.37. The number of ether oxygens (including phenoxy) is 1. The molecule has 12 heteroatoms. The van der Waals surface area contributed by atoms with Crippen LogP contribution in [0.1, 0.15) is 11.3 Å². The fourth-order valence-electron chi connectivity index (χ4n) is 2.85. The minimum atomic E-state index is -4.55. The maximum Gasteiger partial charge on any atom is 0.417 e. The van der Waals surface area contributed by atoms with E-state index in [1.54, 1.807) is 49.6 Å². The van der Waals surface area contributed by atoms with Crippen LogP contribution in [0.4, 0.5) is 29.3 Å². The molecule has 172 valence electrons. The standard InChI is InChI=1S/C21H16BrF3N4O4/c1-26-21(32-33-21)18-11-15(8-9-27-18)31-14-5-2-12(3-6-14)28-19(30)29-13-4-7-17(22)16(10-13)20(23,24)25/h2-11,26H,1H3,(H2,28,29,30). The third kappa shape index (κ3) is 5.42. The number of rotatable bonds is 6. The summed E-state index contributed by atoms with van der Waals surface area (Å²) in [6.07, 6.45) is -3.01. The van der Waals surface area contributed by atoms with Gasteiger partial charge in [-0.3, -0.25) is 10.3 Å². The molecule has 2 heterocycles. The molecule has 0 bridgehead atoms. The van der Waals surface area contributed by atoms with Crippen molar-refractivity contribution in [1.82, 2.24) is 10.3 Å². The Morgan fingerprint density at radius 2 is 1.67 bits per heavy atom. The molecule has 3 N–H and O–H groups in total. The number of halogens is 4. The summed E-state index contributed by atoms with van der Waals surface area (Å²) in [4.78, 5) is 26.2. The number of carbonyl (C=O) groups excluding carboxylic acids is 1. The highest BCUT2D eigenvalue weighted by atomic mass is 79.9. The van der Waals surface area contributed by atoms with Crippen LogP contribution < -0.4 is 20.7 Å².